The van der Waals surface area contributed by atoms with Crippen molar-refractivity contribution in [1.82, 2.24) is 14.7 Å². The molecule has 1 aromatic heterocycles. The van der Waals surface area contributed by atoms with E-state index < -0.39 is 30.2 Å². The first-order chi connectivity index (χ1) is 12.1. The summed E-state index contributed by atoms with van der Waals surface area (Å²) >= 11 is 0. The molecule has 2 aromatic rings. The maximum atomic E-state index is 12.6. The Morgan fingerprint density at radius 2 is 1.81 bits per heavy atom. The minimum Gasteiger partial charge on any atom is -0.480 e. The molecule has 0 aliphatic rings. The van der Waals surface area contributed by atoms with E-state index in [1.165, 1.54) is 16.8 Å². The zero-order chi connectivity index (χ0) is 19.5. The van der Waals surface area contributed by atoms with Gasteiger partial charge in [-0.15, -0.1) is 0 Å². The van der Waals surface area contributed by atoms with Gasteiger partial charge < -0.3 is 10.0 Å². The van der Waals surface area contributed by atoms with E-state index in [-0.39, 0.29) is 13.1 Å². The lowest BCUT2D eigenvalue weighted by molar-refractivity contribution is -0.145. The average molecular weight is 369 g/mol. The fraction of sp³-hybridized carbons (Fsp3) is 0.353. The van der Waals surface area contributed by atoms with Crippen molar-refractivity contribution in [3.63, 3.8) is 0 Å². The average Bonchev–Trinajstić information content (AvgIpc) is 2.83. The van der Waals surface area contributed by atoms with Crippen LogP contribution in [0.2, 0.25) is 0 Å². The predicted octanol–water partition coefficient (Wildman–Crippen LogP) is 2.63. The number of carboxylic acids is 1. The van der Waals surface area contributed by atoms with Gasteiger partial charge in [0.15, 0.2) is 0 Å². The number of aryl methyl sites for hydroxylation is 2. The molecule has 6 nitrogen and oxygen atoms in total. The summed E-state index contributed by atoms with van der Waals surface area (Å²) in [7, 11) is 0. The van der Waals surface area contributed by atoms with Crippen LogP contribution in [0.3, 0.4) is 0 Å². The van der Waals surface area contributed by atoms with Gasteiger partial charge in [-0.05, 0) is 37.6 Å². The summed E-state index contributed by atoms with van der Waals surface area (Å²) in [5.41, 5.74) is 1.07. The molecule has 0 fully saturated rings. The number of aliphatic carboxylic acids is 1. The van der Waals surface area contributed by atoms with Gasteiger partial charge in [0.05, 0.1) is 11.3 Å². The summed E-state index contributed by atoms with van der Waals surface area (Å²) in [4.78, 5) is 24.6. The standard InChI is InChI=1S/C17H18F3N3O3/c1-11-7-12(2)23(21-11)9-15(24)22(10-16(25)26)8-13-3-5-14(6-4-13)17(18,19)20/h3-7H,8-10H2,1-2H3,(H,25,26). The summed E-state index contributed by atoms with van der Waals surface area (Å²) in [5, 5.41) is 13.2. The SMILES string of the molecule is Cc1cc(C)n(CC(=O)N(CC(=O)O)Cc2ccc(C(F)(F)F)cc2)n1. The van der Waals surface area contributed by atoms with Gasteiger partial charge in [-0.3, -0.25) is 14.3 Å². The number of halogens is 3. The van der Waals surface area contributed by atoms with E-state index >= 15 is 0 Å². The molecule has 0 saturated heterocycles. The Labute approximate surface area is 147 Å². The van der Waals surface area contributed by atoms with Crippen LogP contribution < -0.4 is 0 Å². The highest BCUT2D eigenvalue weighted by Gasteiger charge is 2.30. The first-order valence-electron chi connectivity index (χ1n) is 7.73. The first kappa shape index (κ1) is 19.5. The fourth-order valence-corrected chi connectivity index (χ4v) is 2.48. The van der Waals surface area contributed by atoms with E-state index in [0.29, 0.717) is 5.56 Å². The maximum absolute atomic E-state index is 12.6. The Kier molecular flexibility index (Phi) is 5.69. The van der Waals surface area contributed by atoms with Gasteiger partial charge in [-0.2, -0.15) is 18.3 Å². The lowest BCUT2D eigenvalue weighted by Gasteiger charge is -2.21. The number of rotatable bonds is 6. The minimum atomic E-state index is -4.45. The smallest absolute Gasteiger partial charge is 0.416 e. The highest BCUT2D eigenvalue weighted by molar-refractivity contribution is 5.81. The topological polar surface area (TPSA) is 75.4 Å². The molecule has 0 bridgehead atoms. The van der Waals surface area contributed by atoms with Crippen LogP contribution in [-0.2, 0) is 28.9 Å². The zero-order valence-electron chi connectivity index (χ0n) is 14.2. The van der Waals surface area contributed by atoms with Crippen LogP contribution in [-0.4, -0.2) is 38.2 Å². The highest BCUT2D eigenvalue weighted by atomic mass is 19.4. The normalized spacial score (nSPS) is 11.4. The van der Waals surface area contributed by atoms with E-state index in [0.717, 1.165) is 28.4 Å². The number of carbonyl (C=O) groups is 2. The lowest BCUT2D eigenvalue weighted by atomic mass is 10.1. The van der Waals surface area contributed by atoms with E-state index in [4.69, 9.17) is 5.11 Å². The van der Waals surface area contributed by atoms with Crippen molar-refractivity contribution in [3.05, 3.63) is 52.8 Å². The van der Waals surface area contributed by atoms with Crippen LogP contribution in [0.25, 0.3) is 0 Å². The monoisotopic (exact) mass is 369 g/mol. The lowest BCUT2D eigenvalue weighted by Crippen LogP contribution is -2.37. The van der Waals surface area contributed by atoms with E-state index in [1.54, 1.807) is 19.9 Å². The van der Waals surface area contributed by atoms with Crippen LogP contribution in [0, 0.1) is 13.8 Å². The second-order valence-electron chi connectivity index (χ2n) is 5.92. The van der Waals surface area contributed by atoms with Crippen LogP contribution in [0.1, 0.15) is 22.5 Å². The molecular formula is C17H18F3N3O3. The van der Waals surface area contributed by atoms with Gasteiger partial charge in [0.1, 0.15) is 13.1 Å². The van der Waals surface area contributed by atoms with Gasteiger partial charge in [0, 0.05) is 12.2 Å². The molecular weight excluding hydrogens is 351 g/mol. The maximum Gasteiger partial charge on any atom is 0.416 e. The molecule has 9 heteroatoms. The van der Waals surface area contributed by atoms with E-state index in [1.807, 2.05) is 0 Å². The van der Waals surface area contributed by atoms with Crippen LogP contribution in [0.15, 0.2) is 30.3 Å². The quantitative estimate of drug-likeness (QED) is 0.849. The van der Waals surface area contributed by atoms with Gasteiger partial charge in [-0.1, -0.05) is 12.1 Å². The van der Waals surface area contributed by atoms with Crippen molar-refractivity contribution in [2.45, 2.75) is 33.1 Å². The third-order valence-electron chi connectivity index (χ3n) is 3.72. The minimum absolute atomic E-state index is 0.109. The van der Waals surface area contributed by atoms with Gasteiger partial charge >= 0.3 is 12.1 Å². The molecule has 1 heterocycles. The van der Waals surface area contributed by atoms with Crippen LogP contribution in [0.4, 0.5) is 13.2 Å². The van der Waals surface area contributed by atoms with Crippen molar-refractivity contribution in [2.75, 3.05) is 6.54 Å². The third-order valence-corrected chi connectivity index (χ3v) is 3.72. The van der Waals surface area contributed by atoms with Crippen molar-refractivity contribution in [3.8, 4) is 0 Å². The number of carboxylic acid groups (broad SMARTS) is 1. The van der Waals surface area contributed by atoms with Crippen molar-refractivity contribution < 1.29 is 27.9 Å². The molecule has 0 aliphatic carbocycles. The Morgan fingerprint density at radius 1 is 1.19 bits per heavy atom. The third kappa shape index (κ3) is 5.08. The van der Waals surface area contributed by atoms with E-state index in [2.05, 4.69) is 5.10 Å². The summed E-state index contributed by atoms with van der Waals surface area (Å²) in [6, 6.07) is 6.05. The van der Waals surface area contributed by atoms with Crippen molar-refractivity contribution in [2.24, 2.45) is 0 Å². The second kappa shape index (κ2) is 7.59. The molecule has 1 N–H and O–H groups in total. The van der Waals surface area contributed by atoms with Crippen molar-refractivity contribution >= 4 is 11.9 Å². The number of aromatic nitrogens is 2. The number of hydrogen-bond acceptors (Lipinski definition) is 3. The Balaban J connectivity index is 2.15. The van der Waals surface area contributed by atoms with Gasteiger partial charge in [0.2, 0.25) is 5.91 Å². The molecule has 0 atom stereocenters. The fourth-order valence-electron chi connectivity index (χ4n) is 2.48. The van der Waals surface area contributed by atoms with Crippen LogP contribution in [0.5, 0.6) is 0 Å². The van der Waals surface area contributed by atoms with Crippen molar-refractivity contribution in [1.29, 1.82) is 0 Å². The molecule has 0 radical (unpaired) electrons. The Hall–Kier alpha value is -2.84. The van der Waals surface area contributed by atoms with E-state index in [9.17, 15) is 22.8 Å². The Morgan fingerprint density at radius 3 is 2.27 bits per heavy atom. The molecule has 0 saturated carbocycles. The summed E-state index contributed by atoms with van der Waals surface area (Å²) in [5.74, 6) is -1.70. The Bertz CT molecular complexity index is 798. The number of hydrogen-bond donors (Lipinski definition) is 1. The van der Waals surface area contributed by atoms with Gasteiger partial charge in [-0.25, -0.2) is 0 Å². The molecule has 0 unspecified atom stereocenters. The van der Waals surface area contributed by atoms with Crippen LogP contribution >= 0.6 is 0 Å². The molecule has 0 spiro atoms. The number of nitrogens with zero attached hydrogens (tertiary/aromatic N) is 3. The first-order valence-corrected chi connectivity index (χ1v) is 7.73. The molecule has 140 valence electrons. The summed E-state index contributed by atoms with van der Waals surface area (Å²) in [6.07, 6.45) is -4.45. The molecule has 26 heavy (non-hydrogen) atoms. The predicted molar refractivity (Wildman–Crippen MR) is 86.2 cm³/mol. The molecule has 1 aromatic carbocycles. The number of benzene rings is 1. The summed E-state index contributed by atoms with van der Waals surface area (Å²) < 4.78 is 39.3. The number of alkyl halides is 3. The molecule has 1 amide bonds. The number of carbonyl (C=O) groups excluding carboxylic acids is 1. The van der Waals surface area contributed by atoms with Gasteiger partial charge in [0.25, 0.3) is 0 Å². The summed E-state index contributed by atoms with van der Waals surface area (Å²) in [6.45, 7) is 2.73. The molecule has 2 rings (SSSR count). The molecule has 0 aliphatic heterocycles. The number of amides is 1. The largest absolute Gasteiger partial charge is 0.480 e. The highest BCUT2D eigenvalue weighted by Crippen LogP contribution is 2.29. The zero-order valence-corrected chi connectivity index (χ0v) is 14.2. The second-order valence-corrected chi connectivity index (χ2v) is 5.92.